The third kappa shape index (κ3) is 2.97. The van der Waals surface area contributed by atoms with Crippen LogP contribution in [0.15, 0.2) is 46.9 Å². The van der Waals surface area contributed by atoms with E-state index in [2.05, 4.69) is 15.9 Å². The van der Waals surface area contributed by atoms with Crippen molar-refractivity contribution < 1.29 is 9.13 Å². The highest BCUT2D eigenvalue weighted by Gasteiger charge is 2.03. The number of halogens is 2. The summed E-state index contributed by atoms with van der Waals surface area (Å²) < 4.78 is 19.6. The van der Waals surface area contributed by atoms with Gasteiger partial charge in [0.05, 0.1) is 0 Å². The minimum atomic E-state index is -0.262. The highest BCUT2D eigenvalue weighted by Crippen LogP contribution is 2.25. The van der Waals surface area contributed by atoms with Gasteiger partial charge in [-0.05, 0) is 40.2 Å². The van der Waals surface area contributed by atoms with Crippen molar-refractivity contribution in [3.05, 3.63) is 58.3 Å². The lowest BCUT2D eigenvalue weighted by Crippen LogP contribution is -1.98. The molecule has 0 unspecified atom stereocenters. The molecule has 0 bridgehead atoms. The standard InChI is InChI=1S/C13H11BrFNO/c14-11-7-10(5-6-13(11)16)17-8-9-3-1-2-4-12(9)15/h1-7H,8,16H2. The molecule has 0 atom stereocenters. The van der Waals surface area contributed by atoms with Crippen LogP contribution in [-0.4, -0.2) is 0 Å². The van der Waals surface area contributed by atoms with Gasteiger partial charge in [-0.15, -0.1) is 0 Å². The van der Waals surface area contributed by atoms with Crippen molar-refractivity contribution in [3.8, 4) is 5.75 Å². The molecule has 2 nitrogen and oxygen atoms in total. The van der Waals surface area contributed by atoms with Crippen LogP contribution in [0.25, 0.3) is 0 Å². The van der Waals surface area contributed by atoms with E-state index in [1.165, 1.54) is 6.07 Å². The molecular weight excluding hydrogens is 285 g/mol. The van der Waals surface area contributed by atoms with Crippen LogP contribution >= 0.6 is 15.9 Å². The molecule has 0 amide bonds. The van der Waals surface area contributed by atoms with Crippen molar-refractivity contribution in [3.63, 3.8) is 0 Å². The Kier molecular flexibility index (Phi) is 3.64. The summed E-state index contributed by atoms with van der Waals surface area (Å²) in [7, 11) is 0. The van der Waals surface area contributed by atoms with Crippen LogP contribution in [0, 0.1) is 5.82 Å². The molecule has 4 heteroatoms. The predicted molar refractivity (Wildman–Crippen MR) is 69.3 cm³/mol. The van der Waals surface area contributed by atoms with Gasteiger partial charge in [0.15, 0.2) is 0 Å². The number of anilines is 1. The second kappa shape index (κ2) is 5.19. The fourth-order valence-electron chi connectivity index (χ4n) is 1.37. The lowest BCUT2D eigenvalue weighted by Gasteiger charge is -2.08. The molecule has 2 aromatic rings. The number of hydrogen-bond acceptors (Lipinski definition) is 2. The molecular formula is C13H11BrFNO. The lowest BCUT2D eigenvalue weighted by molar-refractivity contribution is 0.299. The highest BCUT2D eigenvalue weighted by molar-refractivity contribution is 9.10. The van der Waals surface area contributed by atoms with Gasteiger partial charge in [-0.25, -0.2) is 4.39 Å². The highest BCUT2D eigenvalue weighted by atomic mass is 79.9. The zero-order valence-corrected chi connectivity index (χ0v) is 10.6. The van der Waals surface area contributed by atoms with Gasteiger partial charge < -0.3 is 10.5 Å². The number of nitrogens with two attached hydrogens (primary N) is 1. The number of benzene rings is 2. The Morgan fingerprint density at radius 3 is 2.65 bits per heavy atom. The largest absolute Gasteiger partial charge is 0.489 e. The minimum Gasteiger partial charge on any atom is -0.489 e. The average molecular weight is 296 g/mol. The Bertz CT molecular complexity index is 531. The molecule has 0 fully saturated rings. The molecule has 2 aromatic carbocycles. The van der Waals surface area contributed by atoms with Crippen LogP contribution in [0.3, 0.4) is 0 Å². The maximum atomic E-state index is 13.3. The first-order valence-electron chi connectivity index (χ1n) is 5.08. The SMILES string of the molecule is Nc1ccc(OCc2ccccc2F)cc1Br. The van der Waals surface area contributed by atoms with Gasteiger partial charge in [0.1, 0.15) is 18.2 Å². The van der Waals surface area contributed by atoms with Crippen LogP contribution in [-0.2, 0) is 6.61 Å². The summed E-state index contributed by atoms with van der Waals surface area (Å²) in [5, 5.41) is 0. The molecule has 2 rings (SSSR count). The van der Waals surface area contributed by atoms with E-state index in [0.717, 1.165) is 4.47 Å². The molecule has 0 saturated heterocycles. The minimum absolute atomic E-state index is 0.197. The summed E-state index contributed by atoms with van der Waals surface area (Å²) in [5.41, 5.74) is 6.83. The Balaban J connectivity index is 2.08. The monoisotopic (exact) mass is 295 g/mol. The molecule has 2 N–H and O–H groups in total. The van der Waals surface area contributed by atoms with E-state index in [9.17, 15) is 4.39 Å². The van der Waals surface area contributed by atoms with E-state index < -0.39 is 0 Å². The van der Waals surface area contributed by atoms with Crippen molar-refractivity contribution in [1.29, 1.82) is 0 Å². The zero-order chi connectivity index (χ0) is 12.3. The van der Waals surface area contributed by atoms with Gasteiger partial charge in [0.25, 0.3) is 0 Å². The first-order valence-corrected chi connectivity index (χ1v) is 5.87. The molecule has 88 valence electrons. The van der Waals surface area contributed by atoms with Crippen molar-refractivity contribution in [2.75, 3.05) is 5.73 Å². The van der Waals surface area contributed by atoms with Gasteiger partial charge >= 0.3 is 0 Å². The van der Waals surface area contributed by atoms with Crippen LogP contribution in [0.2, 0.25) is 0 Å². The molecule has 0 aromatic heterocycles. The van der Waals surface area contributed by atoms with Gasteiger partial charge in [-0.2, -0.15) is 0 Å². The van der Waals surface area contributed by atoms with E-state index in [1.54, 1.807) is 36.4 Å². The normalized spacial score (nSPS) is 10.2. The maximum absolute atomic E-state index is 13.3. The molecule has 0 saturated carbocycles. The van der Waals surface area contributed by atoms with Crippen LogP contribution < -0.4 is 10.5 Å². The fourth-order valence-corrected chi connectivity index (χ4v) is 1.73. The fraction of sp³-hybridized carbons (Fsp3) is 0.0769. The summed E-state index contributed by atoms with van der Waals surface area (Å²) in [6.07, 6.45) is 0. The number of ether oxygens (including phenoxy) is 1. The first-order chi connectivity index (χ1) is 8.16. The first kappa shape index (κ1) is 11.9. The van der Waals surface area contributed by atoms with Crippen LogP contribution in [0.1, 0.15) is 5.56 Å². The molecule has 0 radical (unpaired) electrons. The number of nitrogen functional groups attached to an aromatic ring is 1. The van der Waals surface area contributed by atoms with Crippen molar-refractivity contribution in [2.45, 2.75) is 6.61 Å². The lowest BCUT2D eigenvalue weighted by atomic mass is 10.2. The van der Waals surface area contributed by atoms with Gasteiger partial charge in [0, 0.05) is 15.7 Å². The summed E-state index contributed by atoms with van der Waals surface area (Å²) in [6.45, 7) is 0.197. The zero-order valence-electron chi connectivity index (χ0n) is 8.99. The Morgan fingerprint density at radius 1 is 1.18 bits per heavy atom. The summed E-state index contributed by atoms with van der Waals surface area (Å²) in [6, 6.07) is 11.8. The Labute approximate surface area is 107 Å². The molecule has 0 aliphatic carbocycles. The third-order valence-electron chi connectivity index (χ3n) is 2.32. The van der Waals surface area contributed by atoms with Crippen molar-refractivity contribution in [1.82, 2.24) is 0 Å². The Morgan fingerprint density at radius 2 is 1.94 bits per heavy atom. The molecule has 17 heavy (non-hydrogen) atoms. The second-order valence-corrected chi connectivity index (χ2v) is 4.42. The van der Waals surface area contributed by atoms with Gasteiger partial charge in [0.2, 0.25) is 0 Å². The topological polar surface area (TPSA) is 35.2 Å². The second-order valence-electron chi connectivity index (χ2n) is 3.56. The molecule has 0 spiro atoms. The number of hydrogen-bond donors (Lipinski definition) is 1. The quantitative estimate of drug-likeness (QED) is 0.875. The summed E-state index contributed by atoms with van der Waals surface area (Å²) >= 11 is 3.31. The van der Waals surface area contributed by atoms with Gasteiger partial charge in [-0.3, -0.25) is 0 Å². The van der Waals surface area contributed by atoms with E-state index in [4.69, 9.17) is 10.5 Å². The van der Waals surface area contributed by atoms with E-state index in [0.29, 0.717) is 17.0 Å². The summed E-state index contributed by atoms with van der Waals surface area (Å²) in [4.78, 5) is 0. The van der Waals surface area contributed by atoms with Gasteiger partial charge in [-0.1, -0.05) is 18.2 Å². The third-order valence-corrected chi connectivity index (χ3v) is 3.01. The average Bonchev–Trinajstić information content (AvgIpc) is 2.32. The van der Waals surface area contributed by atoms with Crippen LogP contribution in [0.5, 0.6) is 5.75 Å². The maximum Gasteiger partial charge on any atom is 0.129 e. The van der Waals surface area contributed by atoms with Crippen molar-refractivity contribution >= 4 is 21.6 Å². The smallest absolute Gasteiger partial charge is 0.129 e. The molecule has 0 aliphatic heterocycles. The van der Waals surface area contributed by atoms with E-state index in [1.807, 2.05) is 0 Å². The van der Waals surface area contributed by atoms with E-state index in [-0.39, 0.29) is 12.4 Å². The van der Waals surface area contributed by atoms with Crippen LogP contribution in [0.4, 0.5) is 10.1 Å². The predicted octanol–water partition coefficient (Wildman–Crippen LogP) is 3.75. The van der Waals surface area contributed by atoms with E-state index >= 15 is 0 Å². The number of rotatable bonds is 3. The molecule has 0 aliphatic rings. The van der Waals surface area contributed by atoms with Crippen molar-refractivity contribution in [2.24, 2.45) is 0 Å². The molecule has 0 heterocycles. The summed E-state index contributed by atoms with van der Waals surface area (Å²) in [5.74, 6) is 0.385. The Hall–Kier alpha value is -1.55.